The molecule has 0 heterocycles. The molecule has 1 atom stereocenters. The predicted molar refractivity (Wildman–Crippen MR) is 67.2 cm³/mol. The molecule has 1 unspecified atom stereocenters. The van der Waals surface area contributed by atoms with Crippen LogP contribution in [0.5, 0.6) is 0 Å². The topological polar surface area (TPSA) is 134 Å². The van der Waals surface area contributed by atoms with Gasteiger partial charge in [0.15, 0.2) is 6.04 Å². The molecular weight excluding hydrogens is 270 g/mol. The highest BCUT2D eigenvalue weighted by Gasteiger charge is 2.20. The number of carbonyl (C=O) groups excluding carboxylic acids is 4. The molecule has 0 fully saturated rings. The van der Waals surface area contributed by atoms with E-state index in [1.807, 2.05) is 0 Å². The van der Waals surface area contributed by atoms with Gasteiger partial charge in [0, 0.05) is 0 Å². The smallest absolute Gasteiger partial charge is 0.330 e. The highest BCUT2D eigenvalue weighted by Crippen LogP contribution is 1.86. The van der Waals surface area contributed by atoms with E-state index in [4.69, 9.17) is 5.11 Å². The Bertz CT molecular complexity index is 396. The molecule has 0 aromatic carbocycles. The van der Waals surface area contributed by atoms with Crippen molar-refractivity contribution in [2.24, 2.45) is 0 Å². The summed E-state index contributed by atoms with van der Waals surface area (Å²) < 4.78 is 4.35. The zero-order valence-electron chi connectivity index (χ0n) is 11.0. The Balaban J connectivity index is 4.03. The molecule has 112 valence electrons. The van der Waals surface area contributed by atoms with Gasteiger partial charge in [-0.05, 0) is 6.08 Å². The van der Waals surface area contributed by atoms with Gasteiger partial charge in [-0.15, -0.1) is 0 Å². The van der Waals surface area contributed by atoms with E-state index in [9.17, 15) is 19.2 Å². The molecule has 0 spiro atoms. The molecule has 4 N–H and O–H groups in total. The number of aliphatic hydroxyl groups is 1. The summed E-state index contributed by atoms with van der Waals surface area (Å²) in [5.74, 6) is -2.59. The fourth-order valence-corrected chi connectivity index (χ4v) is 1.05. The molecule has 0 aliphatic rings. The number of ether oxygens (including phenoxy) is 1. The lowest BCUT2D eigenvalue weighted by molar-refractivity contribution is -0.146. The largest absolute Gasteiger partial charge is 0.467 e. The Morgan fingerprint density at radius 1 is 1.20 bits per heavy atom. The van der Waals surface area contributed by atoms with Crippen LogP contribution in [0, 0.1) is 0 Å². The molecule has 0 aromatic rings. The highest BCUT2D eigenvalue weighted by molar-refractivity contribution is 5.92. The Morgan fingerprint density at radius 3 is 2.30 bits per heavy atom. The summed E-state index contributed by atoms with van der Waals surface area (Å²) in [5.41, 5.74) is 0. The van der Waals surface area contributed by atoms with Crippen LogP contribution in [0.25, 0.3) is 0 Å². The summed E-state index contributed by atoms with van der Waals surface area (Å²) in [6.45, 7) is 1.87. The third kappa shape index (κ3) is 7.11. The molecular formula is C11H17N3O6. The molecule has 20 heavy (non-hydrogen) atoms. The minimum Gasteiger partial charge on any atom is -0.467 e. The van der Waals surface area contributed by atoms with Crippen LogP contribution in [-0.4, -0.2) is 61.6 Å². The molecule has 9 heteroatoms. The highest BCUT2D eigenvalue weighted by atomic mass is 16.5. The third-order valence-corrected chi connectivity index (χ3v) is 2.06. The Morgan fingerprint density at radius 2 is 1.80 bits per heavy atom. The van der Waals surface area contributed by atoms with Gasteiger partial charge in [0.25, 0.3) is 0 Å². The summed E-state index contributed by atoms with van der Waals surface area (Å²) >= 11 is 0. The first-order valence-electron chi connectivity index (χ1n) is 5.59. The number of hydrogen-bond donors (Lipinski definition) is 4. The molecule has 0 radical (unpaired) electrons. The molecule has 0 saturated heterocycles. The van der Waals surface area contributed by atoms with Gasteiger partial charge in [0.05, 0.1) is 26.8 Å². The zero-order chi connectivity index (χ0) is 15.5. The van der Waals surface area contributed by atoms with Crippen LogP contribution in [0.2, 0.25) is 0 Å². The lowest BCUT2D eigenvalue weighted by Crippen LogP contribution is -2.48. The number of esters is 1. The van der Waals surface area contributed by atoms with Crippen LogP contribution >= 0.6 is 0 Å². The van der Waals surface area contributed by atoms with Crippen LogP contribution in [-0.2, 0) is 23.9 Å². The minimum absolute atomic E-state index is 0.307. The molecule has 0 rings (SSSR count). The van der Waals surface area contributed by atoms with E-state index >= 15 is 0 Å². The van der Waals surface area contributed by atoms with Crippen LogP contribution in [0.4, 0.5) is 0 Å². The van der Waals surface area contributed by atoms with E-state index in [0.717, 1.165) is 13.2 Å². The van der Waals surface area contributed by atoms with Crippen molar-refractivity contribution in [2.45, 2.75) is 6.04 Å². The van der Waals surface area contributed by atoms with Crippen LogP contribution < -0.4 is 16.0 Å². The monoisotopic (exact) mass is 287 g/mol. The summed E-state index contributed by atoms with van der Waals surface area (Å²) in [4.78, 5) is 44.5. The quantitative estimate of drug-likeness (QED) is 0.279. The summed E-state index contributed by atoms with van der Waals surface area (Å²) in [7, 11) is 1.11. The van der Waals surface area contributed by atoms with Gasteiger partial charge in [0.1, 0.15) is 0 Å². The van der Waals surface area contributed by atoms with E-state index < -0.39 is 42.9 Å². The Hall–Kier alpha value is -2.42. The van der Waals surface area contributed by atoms with Gasteiger partial charge < -0.3 is 25.8 Å². The second-order valence-corrected chi connectivity index (χ2v) is 3.52. The predicted octanol–water partition coefficient (Wildman–Crippen LogP) is -2.95. The van der Waals surface area contributed by atoms with Crippen LogP contribution in [0.3, 0.4) is 0 Å². The van der Waals surface area contributed by atoms with Gasteiger partial charge in [0.2, 0.25) is 17.7 Å². The maximum Gasteiger partial charge on any atom is 0.330 e. The maximum absolute atomic E-state index is 11.4. The molecule has 0 saturated carbocycles. The normalized spacial score (nSPS) is 10.9. The van der Waals surface area contributed by atoms with Crippen molar-refractivity contribution in [3.05, 3.63) is 12.7 Å². The van der Waals surface area contributed by atoms with Crippen molar-refractivity contribution in [1.82, 2.24) is 16.0 Å². The third-order valence-electron chi connectivity index (χ3n) is 2.06. The number of nitrogens with one attached hydrogen (secondary N) is 3. The molecule has 9 nitrogen and oxygen atoms in total. The fourth-order valence-electron chi connectivity index (χ4n) is 1.05. The molecule has 0 bridgehead atoms. The number of rotatable bonds is 8. The van der Waals surface area contributed by atoms with Crippen molar-refractivity contribution in [2.75, 3.05) is 26.8 Å². The maximum atomic E-state index is 11.4. The summed E-state index contributed by atoms with van der Waals surface area (Å²) in [6.07, 6.45) is 1.00. The molecule has 3 amide bonds. The number of amides is 3. The van der Waals surface area contributed by atoms with Crippen molar-refractivity contribution >= 4 is 23.7 Å². The van der Waals surface area contributed by atoms with Crippen LogP contribution in [0.15, 0.2) is 12.7 Å². The van der Waals surface area contributed by atoms with Gasteiger partial charge in [-0.1, -0.05) is 6.58 Å². The molecule has 0 aliphatic heterocycles. The van der Waals surface area contributed by atoms with Crippen molar-refractivity contribution < 1.29 is 29.0 Å². The first-order chi connectivity index (χ1) is 9.44. The second-order valence-electron chi connectivity index (χ2n) is 3.52. The van der Waals surface area contributed by atoms with Crippen molar-refractivity contribution in [1.29, 1.82) is 0 Å². The summed E-state index contributed by atoms with van der Waals surface area (Å²) in [6, 6.07) is -1.19. The number of hydrogen-bond acceptors (Lipinski definition) is 6. The number of methoxy groups -OCH3 is 1. The fraction of sp³-hybridized carbons (Fsp3) is 0.455. The van der Waals surface area contributed by atoms with Gasteiger partial charge in [-0.2, -0.15) is 0 Å². The van der Waals surface area contributed by atoms with Gasteiger partial charge >= 0.3 is 5.97 Å². The Labute approximate surface area is 115 Å². The van der Waals surface area contributed by atoms with Gasteiger partial charge in [-0.25, -0.2) is 4.79 Å². The molecule has 0 aromatic heterocycles. The Kier molecular flexibility index (Phi) is 8.35. The minimum atomic E-state index is -1.19. The zero-order valence-corrected chi connectivity index (χ0v) is 11.0. The summed E-state index contributed by atoms with van der Waals surface area (Å²) in [5, 5.41) is 15.5. The average Bonchev–Trinajstić information content (AvgIpc) is 2.46. The van der Waals surface area contributed by atoms with E-state index in [-0.39, 0.29) is 6.54 Å². The average molecular weight is 287 g/mol. The lowest BCUT2D eigenvalue weighted by Gasteiger charge is -2.14. The van der Waals surface area contributed by atoms with E-state index in [0.29, 0.717) is 0 Å². The SMILES string of the molecule is C=CC(=O)NCC(=O)NCC(=O)NC(CO)C(=O)OC. The molecule has 0 aliphatic carbocycles. The number of aliphatic hydroxyl groups excluding tert-OH is 1. The van der Waals surface area contributed by atoms with E-state index in [1.54, 1.807) is 0 Å². The first-order valence-corrected chi connectivity index (χ1v) is 5.59. The standard InChI is InChI=1S/C11H17N3O6/c1-3-8(16)12-4-9(17)13-5-10(18)14-7(6-15)11(19)20-2/h3,7,15H,1,4-6H2,2H3,(H,12,16)(H,13,17)(H,14,18). The van der Waals surface area contributed by atoms with Gasteiger partial charge in [-0.3, -0.25) is 14.4 Å². The number of carbonyl (C=O) groups is 4. The first kappa shape index (κ1) is 17.6. The van der Waals surface area contributed by atoms with E-state index in [2.05, 4.69) is 27.3 Å². The van der Waals surface area contributed by atoms with Crippen molar-refractivity contribution in [3.63, 3.8) is 0 Å². The van der Waals surface area contributed by atoms with Crippen molar-refractivity contribution in [3.8, 4) is 0 Å². The lowest BCUT2D eigenvalue weighted by atomic mass is 10.3. The van der Waals surface area contributed by atoms with E-state index in [1.165, 1.54) is 0 Å². The second kappa shape index (κ2) is 9.50. The van der Waals surface area contributed by atoms with Crippen LogP contribution in [0.1, 0.15) is 0 Å².